The zero-order valence-electron chi connectivity index (χ0n) is 24.1. The summed E-state index contributed by atoms with van der Waals surface area (Å²) >= 11 is 1.88. The largest absolute Gasteiger partial charge is 0.398 e. The molecule has 0 bridgehead atoms. The van der Waals surface area contributed by atoms with Gasteiger partial charge in [-0.15, -0.1) is 11.3 Å². The molecule has 0 spiro atoms. The van der Waals surface area contributed by atoms with Crippen LogP contribution in [-0.4, -0.2) is 0 Å². The number of hydrogen-bond donors (Lipinski definition) is 1. The first kappa shape index (κ1) is 26.2. The molecule has 7 aromatic carbocycles. The Kier molecular flexibility index (Phi) is 6.55. The summed E-state index contributed by atoms with van der Waals surface area (Å²) in [6.45, 7) is 0. The highest BCUT2D eigenvalue weighted by Crippen LogP contribution is 2.40. The van der Waals surface area contributed by atoms with Crippen LogP contribution in [0.3, 0.4) is 0 Å². The highest BCUT2D eigenvalue weighted by Gasteiger charge is 2.11. The Morgan fingerprint density at radius 2 is 0.818 bits per heavy atom. The molecule has 1 nitrogen and oxygen atoms in total. The van der Waals surface area contributed by atoms with Crippen LogP contribution in [0.5, 0.6) is 0 Å². The zero-order valence-corrected chi connectivity index (χ0v) is 24.9. The lowest BCUT2D eigenvalue weighted by Crippen LogP contribution is -1.89. The van der Waals surface area contributed by atoms with Gasteiger partial charge in [0.2, 0.25) is 0 Å². The van der Waals surface area contributed by atoms with Gasteiger partial charge < -0.3 is 5.73 Å². The summed E-state index contributed by atoms with van der Waals surface area (Å²) in [5.41, 5.74) is 19.0. The molecule has 0 saturated heterocycles. The second-order valence-corrected chi connectivity index (χ2v) is 12.2. The van der Waals surface area contributed by atoms with Crippen LogP contribution in [0.2, 0.25) is 0 Å². The van der Waals surface area contributed by atoms with E-state index in [0.717, 1.165) is 16.8 Å². The molecular formula is C42H29NS. The van der Waals surface area contributed by atoms with Crippen LogP contribution in [0.4, 0.5) is 5.69 Å². The highest BCUT2D eigenvalue weighted by molar-refractivity contribution is 7.26. The average Bonchev–Trinajstić information content (AvgIpc) is 3.48. The van der Waals surface area contributed by atoms with Crippen LogP contribution in [0, 0.1) is 0 Å². The number of benzene rings is 7. The monoisotopic (exact) mass is 579 g/mol. The molecule has 0 atom stereocenters. The lowest BCUT2D eigenvalue weighted by atomic mass is 9.94. The smallest absolute Gasteiger partial charge is 0.0433 e. The van der Waals surface area contributed by atoms with Crippen molar-refractivity contribution in [2.75, 3.05) is 5.73 Å². The van der Waals surface area contributed by atoms with Crippen LogP contribution in [0.15, 0.2) is 164 Å². The third-order valence-corrected chi connectivity index (χ3v) is 9.68. The minimum Gasteiger partial charge on any atom is -0.398 e. The fourth-order valence-electron chi connectivity index (χ4n) is 6.20. The molecule has 208 valence electrons. The third kappa shape index (κ3) is 4.76. The van der Waals surface area contributed by atoms with Gasteiger partial charge in [0.25, 0.3) is 0 Å². The van der Waals surface area contributed by atoms with Crippen LogP contribution >= 0.6 is 11.3 Å². The van der Waals surface area contributed by atoms with Gasteiger partial charge >= 0.3 is 0 Å². The van der Waals surface area contributed by atoms with E-state index >= 15 is 0 Å². The summed E-state index contributed by atoms with van der Waals surface area (Å²) in [6, 6.07) is 58.6. The van der Waals surface area contributed by atoms with Crippen molar-refractivity contribution in [3.05, 3.63) is 164 Å². The fraction of sp³-hybridized carbons (Fsp3) is 0. The number of thiophene rings is 1. The van der Waals surface area contributed by atoms with Crippen LogP contribution < -0.4 is 5.73 Å². The lowest BCUT2D eigenvalue weighted by Gasteiger charge is -2.11. The molecule has 0 fully saturated rings. The molecule has 0 unspecified atom stereocenters. The maximum Gasteiger partial charge on any atom is 0.0433 e. The van der Waals surface area contributed by atoms with Crippen molar-refractivity contribution in [2.45, 2.75) is 0 Å². The summed E-state index contributed by atoms with van der Waals surface area (Å²) in [5, 5.41) is 2.67. The van der Waals surface area contributed by atoms with Gasteiger partial charge in [0.15, 0.2) is 0 Å². The molecule has 8 aromatic rings. The third-order valence-electron chi connectivity index (χ3n) is 8.46. The van der Waals surface area contributed by atoms with Gasteiger partial charge in [-0.25, -0.2) is 0 Å². The van der Waals surface area contributed by atoms with Gasteiger partial charge in [-0.1, -0.05) is 133 Å². The van der Waals surface area contributed by atoms with E-state index in [4.69, 9.17) is 5.73 Å². The molecule has 8 rings (SSSR count). The van der Waals surface area contributed by atoms with Gasteiger partial charge in [-0.05, 0) is 80.4 Å². The molecule has 1 aromatic heterocycles. The van der Waals surface area contributed by atoms with Crippen molar-refractivity contribution in [1.29, 1.82) is 0 Å². The van der Waals surface area contributed by atoms with E-state index < -0.39 is 0 Å². The first-order valence-electron chi connectivity index (χ1n) is 14.9. The Balaban J connectivity index is 1.10. The molecule has 44 heavy (non-hydrogen) atoms. The van der Waals surface area contributed by atoms with Gasteiger partial charge in [-0.3, -0.25) is 0 Å². The Morgan fingerprint density at radius 3 is 1.50 bits per heavy atom. The van der Waals surface area contributed by atoms with Crippen LogP contribution in [-0.2, 0) is 0 Å². The second-order valence-electron chi connectivity index (χ2n) is 11.2. The van der Waals surface area contributed by atoms with Gasteiger partial charge in [0.05, 0.1) is 0 Å². The molecule has 0 aliphatic heterocycles. The topological polar surface area (TPSA) is 26.0 Å². The van der Waals surface area contributed by atoms with Crippen LogP contribution in [0.25, 0.3) is 75.8 Å². The lowest BCUT2D eigenvalue weighted by molar-refractivity contribution is 1.56. The maximum absolute atomic E-state index is 6.28. The summed E-state index contributed by atoms with van der Waals surface area (Å²) in [5.74, 6) is 0. The molecule has 2 heteroatoms. The first-order chi connectivity index (χ1) is 21.7. The predicted octanol–water partition coefficient (Wildman–Crippen LogP) is 12.0. The quantitative estimate of drug-likeness (QED) is 0.202. The van der Waals surface area contributed by atoms with E-state index in [1.54, 1.807) is 0 Å². The van der Waals surface area contributed by atoms with Crippen molar-refractivity contribution in [3.8, 4) is 55.6 Å². The van der Waals surface area contributed by atoms with Crippen LogP contribution in [0.1, 0.15) is 0 Å². The minimum absolute atomic E-state index is 0.792. The average molecular weight is 580 g/mol. The van der Waals surface area contributed by atoms with Crippen molar-refractivity contribution < 1.29 is 0 Å². The van der Waals surface area contributed by atoms with E-state index in [9.17, 15) is 0 Å². The summed E-state index contributed by atoms with van der Waals surface area (Å²) < 4.78 is 2.68. The molecule has 0 aliphatic rings. The number of anilines is 1. The number of nitrogen functional groups attached to an aromatic ring is 1. The Labute approximate surface area is 261 Å². The van der Waals surface area contributed by atoms with Crippen molar-refractivity contribution in [3.63, 3.8) is 0 Å². The minimum atomic E-state index is 0.792. The van der Waals surface area contributed by atoms with E-state index in [1.165, 1.54) is 64.7 Å². The summed E-state index contributed by atoms with van der Waals surface area (Å²) in [7, 11) is 0. The summed E-state index contributed by atoms with van der Waals surface area (Å²) in [4.78, 5) is 0. The number of para-hydroxylation sites is 1. The number of hydrogen-bond acceptors (Lipinski definition) is 2. The van der Waals surface area contributed by atoms with E-state index in [1.807, 2.05) is 29.5 Å². The number of rotatable bonds is 5. The van der Waals surface area contributed by atoms with Crippen molar-refractivity contribution >= 4 is 37.2 Å². The first-order valence-corrected chi connectivity index (χ1v) is 15.7. The molecule has 1 heterocycles. The molecule has 0 aliphatic carbocycles. The van der Waals surface area contributed by atoms with Crippen molar-refractivity contribution in [2.24, 2.45) is 0 Å². The van der Waals surface area contributed by atoms with E-state index in [-0.39, 0.29) is 0 Å². The van der Waals surface area contributed by atoms with E-state index in [2.05, 4.69) is 146 Å². The zero-order chi connectivity index (χ0) is 29.5. The van der Waals surface area contributed by atoms with Gasteiger partial charge in [0, 0.05) is 31.4 Å². The Morgan fingerprint density at radius 1 is 0.341 bits per heavy atom. The van der Waals surface area contributed by atoms with Gasteiger partial charge in [-0.2, -0.15) is 0 Å². The fourth-order valence-corrected chi connectivity index (χ4v) is 7.44. The Bertz CT molecular complexity index is 2290. The maximum atomic E-state index is 6.28. The highest BCUT2D eigenvalue weighted by atomic mass is 32.1. The molecule has 0 amide bonds. The molecular weight excluding hydrogens is 551 g/mol. The number of fused-ring (bicyclic) bond motifs is 3. The van der Waals surface area contributed by atoms with Gasteiger partial charge in [0.1, 0.15) is 0 Å². The predicted molar refractivity (Wildman–Crippen MR) is 191 cm³/mol. The molecule has 2 N–H and O–H groups in total. The summed E-state index contributed by atoms with van der Waals surface area (Å²) in [6.07, 6.45) is 0. The second kappa shape index (κ2) is 11.0. The normalized spacial score (nSPS) is 11.3. The molecule has 0 radical (unpaired) electrons. The SMILES string of the molecule is Nc1ccccc1-c1cccc(-c2cccc(-c3cccc(-c4ccc(-c5cccc6c5sc5ccccc56)cc4)c3)c2)c1. The molecule has 0 saturated carbocycles. The number of nitrogens with two attached hydrogens (primary N) is 1. The van der Waals surface area contributed by atoms with Crippen molar-refractivity contribution in [1.82, 2.24) is 0 Å². The Hall–Kier alpha value is -5.44. The van der Waals surface area contributed by atoms with E-state index in [0.29, 0.717) is 0 Å². The standard InChI is InChI=1S/C42H29NS/c43-40-19-3-1-15-36(40)35-14-7-13-34(27-35)33-12-6-11-32(26-33)31-10-5-9-30(25-31)28-21-23-29(24-22-28)37-17-8-18-39-38-16-2-4-20-41(38)44-42(37)39/h1-27H,43H2.